The first kappa shape index (κ1) is 19.2. The summed E-state index contributed by atoms with van der Waals surface area (Å²) in [6.07, 6.45) is 0.797. The van der Waals surface area contributed by atoms with E-state index in [9.17, 15) is 13.6 Å². The van der Waals surface area contributed by atoms with E-state index in [1.165, 1.54) is 30.2 Å². The van der Waals surface area contributed by atoms with E-state index in [0.29, 0.717) is 30.2 Å². The zero-order valence-corrected chi connectivity index (χ0v) is 16.0. The molecule has 0 aliphatic carbocycles. The molecule has 1 aliphatic heterocycles. The van der Waals surface area contributed by atoms with Gasteiger partial charge in [-0.2, -0.15) is 10.1 Å². The van der Waals surface area contributed by atoms with Crippen molar-refractivity contribution in [1.82, 2.24) is 29.5 Å². The minimum Gasteiger partial charge on any atom is -0.481 e. The molecule has 1 aliphatic rings. The van der Waals surface area contributed by atoms with E-state index in [1.54, 1.807) is 17.0 Å². The van der Waals surface area contributed by atoms with E-state index in [0.717, 1.165) is 6.42 Å². The minimum absolute atomic E-state index is 0.132. The molecule has 1 fully saturated rings. The van der Waals surface area contributed by atoms with Crippen LogP contribution in [0, 0.1) is 5.92 Å². The Bertz CT molecular complexity index is 1020. The molecule has 3 aromatic rings. The number of ether oxygens (including phenoxy) is 1. The van der Waals surface area contributed by atoms with Crippen molar-refractivity contribution in [3.05, 3.63) is 47.7 Å². The lowest BCUT2D eigenvalue weighted by atomic mass is 9.84. The molecule has 0 spiro atoms. The Morgan fingerprint density at radius 2 is 2.14 bits per heavy atom. The van der Waals surface area contributed by atoms with Crippen LogP contribution >= 0.6 is 0 Å². The second kappa shape index (κ2) is 7.69. The van der Waals surface area contributed by atoms with Crippen molar-refractivity contribution in [2.75, 3.05) is 20.2 Å². The van der Waals surface area contributed by atoms with E-state index in [2.05, 4.69) is 20.1 Å². The Morgan fingerprint density at radius 3 is 2.83 bits per heavy atom. The summed E-state index contributed by atoms with van der Waals surface area (Å²) in [6.45, 7) is 3.01. The van der Waals surface area contributed by atoms with Crippen LogP contribution in [0.1, 0.15) is 47.4 Å². The monoisotopic (exact) mass is 402 g/mol. The van der Waals surface area contributed by atoms with Gasteiger partial charge in [-0.3, -0.25) is 4.79 Å². The third kappa shape index (κ3) is 3.62. The summed E-state index contributed by atoms with van der Waals surface area (Å²) >= 11 is 0. The first-order valence-electron chi connectivity index (χ1n) is 9.26. The van der Waals surface area contributed by atoms with Gasteiger partial charge in [0.1, 0.15) is 12.0 Å². The number of amides is 1. The molecule has 0 aromatic carbocycles. The van der Waals surface area contributed by atoms with E-state index >= 15 is 0 Å². The van der Waals surface area contributed by atoms with Crippen LogP contribution in [0.4, 0.5) is 8.78 Å². The number of halogens is 2. The normalized spacial score (nSPS) is 19.7. The fraction of sp³-hybridized carbons (Fsp3) is 0.421. The molecule has 1 saturated heterocycles. The van der Waals surface area contributed by atoms with E-state index in [4.69, 9.17) is 4.74 Å². The van der Waals surface area contributed by atoms with Gasteiger partial charge in [-0.15, -0.1) is 0 Å². The molecule has 1 amide bonds. The molecule has 3 aromatic heterocycles. The Balaban J connectivity index is 1.65. The Kier molecular flexibility index (Phi) is 5.08. The average Bonchev–Trinajstić information content (AvgIpc) is 3.22. The summed E-state index contributed by atoms with van der Waals surface area (Å²) in [5.41, 5.74) is 0.698. The van der Waals surface area contributed by atoms with Crippen LogP contribution in [0.25, 0.3) is 5.78 Å². The molecule has 10 heteroatoms. The van der Waals surface area contributed by atoms with Crippen molar-refractivity contribution in [2.24, 2.45) is 5.92 Å². The molecular formula is C19H20F2N6O2. The number of hydrogen-bond acceptors (Lipinski definition) is 6. The van der Waals surface area contributed by atoms with Gasteiger partial charge in [0, 0.05) is 31.3 Å². The number of piperidine rings is 1. The molecule has 0 radical (unpaired) electrons. The van der Waals surface area contributed by atoms with E-state index < -0.39 is 6.43 Å². The maximum absolute atomic E-state index is 13.3. The van der Waals surface area contributed by atoms with Crippen molar-refractivity contribution < 1.29 is 18.3 Å². The average molecular weight is 402 g/mol. The van der Waals surface area contributed by atoms with Gasteiger partial charge in [-0.25, -0.2) is 23.3 Å². The number of methoxy groups -OCH3 is 1. The SMILES string of the molecule is COc1ccc(C(=O)N2CC[C@@H](C)[C@H](c3cc(C(F)F)nc4ncnn34)C2)cn1. The van der Waals surface area contributed by atoms with Crippen LogP contribution in [0.2, 0.25) is 0 Å². The van der Waals surface area contributed by atoms with Crippen LogP contribution in [-0.4, -0.2) is 55.6 Å². The van der Waals surface area contributed by atoms with E-state index in [-0.39, 0.29) is 29.2 Å². The van der Waals surface area contributed by atoms with Gasteiger partial charge >= 0.3 is 0 Å². The highest BCUT2D eigenvalue weighted by Gasteiger charge is 2.33. The highest BCUT2D eigenvalue weighted by molar-refractivity contribution is 5.94. The van der Waals surface area contributed by atoms with Gasteiger partial charge < -0.3 is 9.64 Å². The summed E-state index contributed by atoms with van der Waals surface area (Å²) in [5, 5.41) is 4.15. The van der Waals surface area contributed by atoms with Crippen molar-refractivity contribution in [3.63, 3.8) is 0 Å². The summed E-state index contributed by atoms with van der Waals surface area (Å²) in [7, 11) is 1.51. The third-order valence-corrected chi connectivity index (χ3v) is 5.34. The fourth-order valence-corrected chi connectivity index (χ4v) is 3.68. The minimum atomic E-state index is -2.71. The third-order valence-electron chi connectivity index (χ3n) is 5.34. The number of nitrogens with zero attached hydrogens (tertiary/aromatic N) is 6. The largest absolute Gasteiger partial charge is 0.481 e. The van der Waals surface area contributed by atoms with Gasteiger partial charge in [0.05, 0.1) is 18.4 Å². The number of carbonyl (C=O) groups excluding carboxylic acids is 1. The molecule has 0 saturated carbocycles. The van der Waals surface area contributed by atoms with Gasteiger partial charge in [0.2, 0.25) is 5.88 Å². The molecule has 4 heterocycles. The van der Waals surface area contributed by atoms with Gasteiger partial charge in [0.25, 0.3) is 18.1 Å². The standard InChI is InChI=1S/C19H20F2N6O2/c1-11-5-6-26(18(28)12-3-4-16(29-2)22-8-12)9-13(11)15-7-14(17(20)21)25-19-23-10-24-27(15)19/h3-4,7-8,10-11,13,17H,5-6,9H2,1-2H3/t11-,13-/m1/s1. The molecule has 152 valence electrons. The number of carbonyl (C=O) groups is 1. The van der Waals surface area contributed by atoms with Gasteiger partial charge in [-0.05, 0) is 24.5 Å². The van der Waals surface area contributed by atoms with Crippen molar-refractivity contribution >= 4 is 11.7 Å². The van der Waals surface area contributed by atoms with Crippen LogP contribution in [-0.2, 0) is 0 Å². The first-order chi connectivity index (χ1) is 14.0. The highest BCUT2D eigenvalue weighted by atomic mass is 19.3. The molecular weight excluding hydrogens is 382 g/mol. The quantitative estimate of drug-likeness (QED) is 0.667. The topological polar surface area (TPSA) is 85.5 Å². The maximum Gasteiger partial charge on any atom is 0.280 e. The smallest absolute Gasteiger partial charge is 0.280 e. The molecule has 0 N–H and O–H groups in total. The molecule has 4 rings (SSSR count). The van der Waals surface area contributed by atoms with Crippen LogP contribution in [0.15, 0.2) is 30.7 Å². The zero-order valence-electron chi connectivity index (χ0n) is 16.0. The lowest BCUT2D eigenvalue weighted by Crippen LogP contribution is -2.42. The van der Waals surface area contributed by atoms with Crippen LogP contribution in [0.5, 0.6) is 5.88 Å². The lowest BCUT2D eigenvalue weighted by Gasteiger charge is -2.37. The maximum atomic E-state index is 13.3. The number of aromatic nitrogens is 5. The summed E-state index contributed by atoms with van der Waals surface area (Å²) in [6, 6.07) is 4.67. The van der Waals surface area contributed by atoms with E-state index in [1.807, 2.05) is 6.92 Å². The summed E-state index contributed by atoms with van der Waals surface area (Å²) in [5.74, 6) is 0.399. The van der Waals surface area contributed by atoms with Crippen molar-refractivity contribution in [1.29, 1.82) is 0 Å². The number of pyridine rings is 1. The first-order valence-corrected chi connectivity index (χ1v) is 9.26. The molecule has 29 heavy (non-hydrogen) atoms. The zero-order chi connectivity index (χ0) is 20.5. The molecule has 8 nitrogen and oxygen atoms in total. The molecule has 0 bridgehead atoms. The number of likely N-dealkylation sites (tertiary alicyclic amines) is 1. The fourth-order valence-electron chi connectivity index (χ4n) is 3.68. The molecule has 0 unspecified atom stereocenters. The van der Waals surface area contributed by atoms with Crippen molar-refractivity contribution in [3.8, 4) is 5.88 Å². The van der Waals surface area contributed by atoms with Gasteiger partial charge in [0.15, 0.2) is 0 Å². The Labute approximate surface area is 165 Å². The van der Waals surface area contributed by atoms with Crippen LogP contribution < -0.4 is 4.74 Å². The van der Waals surface area contributed by atoms with Crippen LogP contribution in [0.3, 0.4) is 0 Å². The Morgan fingerprint density at radius 1 is 1.31 bits per heavy atom. The highest BCUT2D eigenvalue weighted by Crippen LogP contribution is 2.34. The summed E-state index contributed by atoms with van der Waals surface area (Å²) < 4.78 is 33.2. The number of fused-ring (bicyclic) bond motifs is 1. The molecule has 2 atom stereocenters. The summed E-state index contributed by atoms with van der Waals surface area (Å²) in [4.78, 5) is 26.6. The predicted octanol–water partition coefficient (Wildman–Crippen LogP) is 2.73. The lowest BCUT2D eigenvalue weighted by molar-refractivity contribution is 0.0665. The Hall–Kier alpha value is -3.17. The van der Waals surface area contributed by atoms with Crippen molar-refractivity contribution in [2.45, 2.75) is 25.7 Å². The van der Waals surface area contributed by atoms with Gasteiger partial charge in [-0.1, -0.05) is 6.92 Å². The number of rotatable bonds is 4. The second-order valence-corrected chi connectivity index (χ2v) is 7.09. The second-order valence-electron chi connectivity index (χ2n) is 7.09. The number of alkyl halides is 2. The number of hydrogen-bond donors (Lipinski definition) is 0. The predicted molar refractivity (Wildman–Crippen MR) is 99.0 cm³/mol.